The Morgan fingerprint density at radius 3 is 2.22 bits per heavy atom. The van der Waals surface area contributed by atoms with Crippen LogP contribution in [0.1, 0.15) is 37.1 Å². The van der Waals surface area contributed by atoms with E-state index in [0.29, 0.717) is 5.56 Å². The van der Waals surface area contributed by atoms with Crippen molar-refractivity contribution in [3.8, 4) is 0 Å². The first kappa shape index (κ1) is 17.5. The Labute approximate surface area is 141 Å². The summed E-state index contributed by atoms with van der Waals surface area (Å²) in [4.78, 5) is 10.1. The summed E-state index contributed by atoms with van der Waals surface area (Å²) in [5.74, 6) is -1.03. The molecule has 6 heteroatoms. The number of halogens is 3. The third-order valence-corrected chi connectivity index (χ3v) is 4.16. The van der Waals surface area contributed by atoms with Crippen LogP contribution in [0.25, 0.3) is 0 Å². The van der Waals surface area contributed by atoms with Gasteiger partial charge < -0.3 is 0 Å². The third-order valence-electron chi connectivity index (χ3n) is 3.66. The molecule has 122 valence electrons. The first-order chi connectivity index (χ1) is 10.7. The molecule has 2 aromatic carbocycles. The van der Waals surface area contributed by atoms with Gasteiger partial charge in [-0.3, -0.25) is 10.1 Å². The Morgan fingerprint density at radius 1 is 1.13 bits per heavy atom. The van der Waals surface area contributed by atoms with E-state index in [2.05, 4.69) is 15.9 Å². The molecule has 23 heavy (non-hydrogen) atoms. The highest BCUT2D eigenvalue weighted by molar-refractivity contribution is 9.10. The zero-order valence-corrected chi connectivity index (χ0v) is 14.3. The maximum Gasteiger partial charge on any atom is 0.269 e. The van der Waals surface area contributed by atoms with Crippen LogP contribution in [0.3, 0.4) is 0 Å². The molecule has 0 aliphatic rings. The van der Waals surface area contributed by atoms with Crippen LogP contribution in [-0.2, 0) is 0 Å². The zero-order valence-electron chi connectivity index (χ0n) is 12.7. The second-order valence-electron chi connectivity index (χ2n) is 5.85. The molecule has 0 spiro atoms. The summed E-state index contributed by atoms with van der Waals surface area (Å²) in [7, 11) is 0. The smallest absolute Gasteiger partial charge is 0.258 e. The fraction of sp³-hybridized carbons (Fsp3) is 0.294. The van der Waals surface area contributed by atoms with Crippen molar-refractivity contribution >= 4 is 21.6 Å². The summed E-state index contributed by atoms with van der Waals surface area (Å²) >= 11 is 3.31. The van der Waals surface area contributed by atoms with Crippen LogP contribution in [0.5, 0.6) is 0 Å². The molecule has 0 fully saturated rings. The largest absolute Gasteiger partial charge is 0.269 e. The fourth-order valence-corrected chi connectivity index (χ4v) is 3.00. The molecular weight excluding hydrogens is 368 g/mol. The number of hydrogen-bond acceptors (Lipinski definition) is 2. The van der Waals surface area contributed by atoms with Gasteiger partial charge in [0.05, 0.1) is 10.8 Å². The Bertz CT molecular complexity index is 698. The van der Waals surface area contributed by atoms with E-state index in [9.17, 15) is 14.5 Å². The topological polar surface area (TPSA) is 43.1 Å². The van der Waals surface area contributed by atoms with Gasteiger partial charge in [0, 0.05) is 16.6 Å². The molecule has 0 aromatic heterocycles. The van der Waals surface area contributed by atoms with Crippen LogP contribution >= 0.6 is 15.9 Å². The van der Waals surface area contributed by atoms with E-state index in [0.717, 1.165) is 4.47 Å². The number of hydrogen-bond donors (Lipinski definition) is 0. The van der Waals surface area contributed by atoms with Crippen molar-refractivity contribution in [3.63, 3.8) is 0 Å². The number of nitro groups is 1. The minimum atomic E-state index is -1.80. The summed E-state index contributed by atoms with van der Waals surface area (Å²) in [5.41, 5.74) is -1.19. The van der Waals surface area contributed by atoms with Gasteiger partial charge in [0.15, 0.2) is 0 Å². The molecule has 0 aliphatic heterocycles. The Hall–Kier alpha value is -1.82. The van der Waals surface area contributed by atoms with Gasteiger partial charge in [-0.1, -0.05) is 28.1 Å². The predicted octanol–water partition coefficient (Wildman–Crippen LogP) is 5.90. The third kappa shape index (κ3) is 4.13. The van der Waals surface area contributed by atoms with E-state index in [1.165, 1.54) is 38.1 Å². The van der Waals surface area contributed by atoms with E-state index in [1.54, 1.807) is 24.3 Å². The Morgan fingerprint density at radius 2 is 1.74 bits per heavy atom. The highest BCUT2D eigenvalue weighted by Gasteiger charge is 2.38. The molecule has 0 N–H and O–H groups in total. The van der Waals surface area contributed by atoms with Gasteiger partial charge >= 0.3 is 0 Å². The van der Waals surface area contributed by atoms with Crippen LogP contribution in [-0.4, -0.2) is 10.6 Å². The molecule has 0 unspecified atom stereocenters. The minimum Gasteiger partial charge on any atom is -0.258 e. The monoisotopic (exact) mass is 383 g/mol. The first-order valence-electron chi connectivity index (χ1n) is 7.03. The molecule has 0 heterocycles. The second-order valence-corrected chi connectivity index (χ2v) is 6.76. The van der Waals surface area contributed by atoms with Gasteiger partial charge in [-0.05, 0) is 49.2 Å². The van der Waals surface area contributed by atoms with Crippen LogP contribution in [0.15, 0.2) is 53.0 Å². The van der Waals surface area contributed by atoms with E-state index in [-0.39, 0.29) is 11.3 Å². The van der Waals surface area contributed by atoms with E-state index in [4.69, 9.17) is 0 Å². The fourth-order valence-electron chi connectivity index (χ4n) is 2.59. The van der Waals surface area contributed by atoms with Gasteiger partial charge in [0.2, 0.25) is 0 Å². The maximum atomic E-state index is 15.0. The lowest BCUT2D eigenvalue weighted by molar-refractivity contribution is -0.384. The molecule has 0 saturated heterocycles. The van der Waals surface area contributed by atoms with Crippen LogP contribution in [0.2, 0.25) is 0 Å². The number of benzene rings is 2. The number of nitrogens with zero attached hydrogens (tertiary/aromatic N) is 1. The van der Waals surface area contributed by atoms with E-state index in [1.807, 2.05) is 0 Å². The van der Waals surface area contributed by atoms with Crippen LogP contribution in [0.4, 0.5) is 14.5 Å². The SMILES string of the molecule is CC(C)(F)[C@H](c1cccc(Br)c1)[C@H](F)c1ccc([N+](=O)[O-])cc1. The highest BCUT2D eigenvalue weighted by atomic mass is 79.9. The molecule has 0 saturated carbocycles. The van der Waals surface area contributed by atoms with Gasteiger partial charge in [-0.2, -0.15) is 0 Å². The lowest BCUT2D eigenvalue weighted by atomic mass is 9.80. The highest BCUT2D eigenvalue weighted by Crippen LogP contribution is 2.44. The molecule has 0 aliphatic carbocycles. The quantitative estimate of drug-likeness (QED) is 0.476. The molecule has 2 aromatic rings. The van der Waals surface area contributed by atoms with Crippen molar-refractivity contribution in [2.24, 2.45) is 0 Å². The standard InChI is InChI=1S/C17H16BrF2NO2/c1-17(2,20)15(12-4-3-5-13(18)10-12)16(19)11-6-8-14(9-7-11)21(22)23/h3-10,15-16H,1-2H3/t15-,16-/m1/s1. The Kier molecular flexibility index (Phi) is 5.14. The number of alkyl halides is 2. The van der Waals surface area contributed by atoms with Crippen molar-refractivity contribution in [2.45, 2.75) is 31.6 Å². The van der Waals surface area contributed by atoms with Crippen LogP contribution in [0, 0.1) is 10.1 Å². The summed E-state index contributed by atoms with van der Waals surface area (Å²) in [5, 5.41) is 10.7. The van der Waals surface area contributed by atoms with E-state index < -0.39 is 22.7 Å². The van der Waals surface area contributed by atoms with Crippen LogP contribution < -0.4 is 0 Å². The summed E-state index contributed by atoms with van der Waals surface area (Å²) in [6, 6.07) is 12.0. The van der Waals surface area contributed by atoms with Crippen molar-refractivity contribution in [3.05, 3.63) is 74.2 Å². The average Bonchev–Trinajstić information content (AvgIpc) is 2.46. The minimum absolute atomic E-state index is 0.125. The van der Waals surface area contributed by atoms with Crippen molar-refractivity contribution in [1.82, 2.24) is 0 Å². The summed E-state index contributed by atoms with van der Waals surface area (Å²) in [6.07, 6.45) is -1.62. The van der Waals surface area contributed by atoms with Crippen molar-refractivity contribution < 1.29 is 13.7 Å². The van der Waals surface area contributed by atoms with Gasteiger partial charge in [0.25, 0.3) is 5.69 Å². The molecule has 0 amide bonds. The predicted molar refractivity (Wildman–Crippen MR) is 89.0 cm³/mol. The molecule has 0 radical (unpaired) electrons. The lowest BCUT2D eigenvalue weighted by Crippen LogP contribution is -2.28. The molecule has 3 nitrogen and oxygen atoms in total. The number of nitro benzene ring substituents is 1. The second kappa shape index (κ2) is 6.74. The summed E-state index contributed by atoms with van der Waals surface area (Å²) in [6.45, 7) is 2.66. The van der Waals surface area contributed by atoms with E-state index >= 15 is 4.39 Å². The summed E-state index contributed by atoms with van der Waals surface area (Å²) < 4.78 is 30.4. The zero-order chi connectivity index (χ0) is 17.2. The normalized spacial score (nSPS) is 14.3. The van der Waals surface area contributed by atoms with Gasteiger partial charge in [0.1, 0.15) is 11.8 Å². The molecule has 2 atom stereocenters. The maximum absolute atomic E-state index is 15.0. The molecule has 0 bridgehead atoms. The molecular formula is C17H16BrF2NO2. The molecule has 2 rings (SSSR count). The average molecular weight is 384 g/mol. The first-order valence-corrected chi connectivity index (χ1v) is 7.82. The lowest BCUT2D eigenvalue weighted by Gasteiger charge is -2.30. The number of non-ortho nitro benzene ring substituents is 1. The number of rotatable bonds is 5. The van der Waals surface area contributed by atoms with Crippen molar-refractivity contribution in [1.29, 1.82) is 0 Å². The Balaban J connectivity index is 2.41. The van der Waals surface area contributed by atoms with Gasteiger partial charge in [-0.25, -0.2) is 8.78 Å². The van der Waals surface area contributed by atoms with Gasteiger partial charge in [-0.15, -0.1) is 0 Å². The van der Waals surface area contributed by atoms with Crippen molar-refractivity contribution in [2.75, 3.05) is 0 Å².